The quantitative estimate of drug-likeness (QED) is 0.0846. The van der Waals surface area contributed by atoms with Crippen molar-refractivity contribution in [2.24, 2.45) is 0 Å². The lowest BCUT2D eigenvalue weighted by molar-refractivity contribution is -0.128. The molecule has 186 valence electrons. The summed E-state index contributed by atoms with van der Waals surface area (Å²) in [5.41, 5.74) is 2.18. The summed E-state index contributed by atoms with van der Waals surface area (Å²) in [5.74, 6) is 1.30. The van der Waals surface area contributed by atoms with Crippen LogP contribution in [0.25, 0.3) is 12.2 Å². The van der Waals surface area contributed by atoms with E-state index in [4.69, 9.17) is 14.2 Å². The van der Waals surface area contributed by atoms with E-state index in [2.05, 4.69) is 6.92 Å². The van der Waals surface area contributed by atoms with Gasteiger partial charge in [0.25, 0.3) is 0 Å². The van der Waals surface area contributed by atoms with Gasteiger partial charge in [-0.15, -0.1) is 0 Å². The smallest absolute Gasteiger partial charge is 0.336 e. The Morgan fingerprint density at radius 2 is 1.47 bits per heavy atom. The molecule has 0 N–H and O–H groups in total. The fraction of sp³-hybridized carbons (Fsp3) is 0.226. The van der Waals surface area contributed by atoms with E-state index in [1.54, 1.807) is 61.7 Å². The lowest BCUT2D eigenvalue weighted by atomic mass is 10.1. The zero-order valence-electron chi connectivity index (χ0n) is 20.8. The third kappa shape index (κ3) is 8.91. The molecule has 3 aromatic rings. The number of esters is 1. The Morgan fingerprint density at radius 1 is 0.750 bits per heavy atom. The summed E-state index contributed by atoms with van der Waals surface area (Å²) in [5, 5.41) is 0. The summed E-state index contributed by atoms with van der Waals surface area (Å²) in [6, 6.07) is 21.5. The van der Waals surface area contributed by atoms with E-state index in [1.165, 1.54) is 31.4 Å². The number of methoxy groups -OCH3 is 1. The van der Waals surface area contributed by atoms with Gasteiger partial charge in [-0.1, -0.05) is 56.5 Å². The first-order valence-electron chi connectivity index (χ1n) is 12.2. The lowest BCUT2D eigenvalue weighted by Crippen LogP contribution is -2.03. The molecule has 0 spiro atoms. The highest BCUT2D eigenvalue weighted by Crippen LogP contribution is 2.18. The summed E-state index contributed by atoms with van der Waals surface area (Å²) >= 11 is 0. The van der Waals surface area contributed by atoms with Crippen LogP contribution in [0.4, 0.5) is 0 Å². The molecule has 36 heavy (non-hydrogen) atoms. The normalized spacial score (nSPS) is 11.1. The number of ketones is 1. The van der Waals surface area contributed by atoms with Crippen LogP contribution in [0, 0.1) is 0 Å². The highest BCUT2D eigenvalue weighted by atomic mass is 16.5. The molecule has 0 saturated carbocycles. The van der Waals surface area contributed by atoms with E-state index in [0.717, 1.165) is 23.3 Å². The third-order valence-corrected chi connectivity index (χ3v) is 5.44. The zero-order chi connectivity index (χ0) is 25.6. The van der Waals surface area contributed by atoms with Gasteiger partial charge in [0.05, 0.1) is 13.7 Å². The van der Waals surface area contributed by atoms with Crippen LogP contribution < -0.4 is 14.2 Å². The lowest BCUT2D eigenvalue weighted by Gasteiger charge is -2.06. The molecule has 0 unspecified atom stereocenters. The van der Waals surface area contributed by atoms with Crippen molar-refractivity contribution in [2.75, 3.05) is 13.7 Å². The van der Waals surface area contributed by atoms with Gasteiger partial charge in [-0.05, 0) is 78.2 Å². The average molecular weight is 485 g/mol. The van der Waals surface area contributed by atoms with E-state index in [-0.39, 0.29) is 5.78 Å². The van der Waals surface area contributed by atoms with Crippen LogP contribution in [-0.2, 0) is 4.79 Å². The summed E-state index contributed by atoms with van der Waals surface area (Å²) in [7, 11) is 1.58. The van der Waals surface area contributed by atoms with Gasteiger partial charge in [-0.25, -0.2) is 4.79 Å². The van der Waals surface area contributed by atoms with Crippen molar-refractivity contribution >= 4 is 23.9 Å². The minimum atomic E-state index is -0.485. The van der Waals surface area contributed by atoms with Gasteiger partial charge in [0.15, 0.2) is 5.78 Å². The number of unbranched alkanes of at least 4 members (excludes halogenated alkanes) is 3. The molecule has 0 saturated heterocycles. The molecule has 0 radical (unpaired) electrons. The first kappa shape index (κ1) is 26.5. The van der Waals surface area contributed by atoms with E-state index >= 15 is 0 Å². The zero-order valence-corrected chi connectivity index (χ0v) is 20.8. The van der Waals surface area contributed by atoms with Crippen LogP contribution in [0.2, 0.25) is 0 Å². The summed E-state index contributed by atoms with van der Waals surface area (Å²) in [4.78, 5) is 24.7. The molecule has 3 rings (SSSR count). The second kappa shape index (κ2) is 14.3. The Morgan fingerprint density at radius 3 is 2.19 bits per heavy atom. The molecular formula is C31H32O5. The molecule has 0 aromatic heterocycles. The number of ether oxygens (including phenoxy) is 3. The molecular weight excluding hydrogens is 452 g/mol. The largest absolute Gasteiger partial charge is 0.497 e. The number of allylic oxidation sites excluding steroid dienone is 1. The van der Waals surface area contributed by atoms with Crippen LogP contribution in [0.3, 0.4) is 0 Å². The van der Waals surface area contributed by atoms with Crippen molar-refractivity contribution in [3.05, 3.63) is 102 Å². The maximum atomic E-state index is 12.4. The van der Waals surface area contributed by atoms with Crippen LogP contribution >= 0.6 is 0 Å². The first-order valence-corrected chi connectivity index (χ1v) is 12.2. The van der Waals surface area contributed by atoms with Crippen molar-refractivity contribution in [3.8, 4) is 17.2 Å². The number of carbonyl (C=O) groups excluding carboxylic acids is 2. The minimum Gasteiger partial charge on any atom is -0.497 e. The highest BCUT2D eigenvalue weighted by molar-refractivity contribution is 6.06. The minimum absolute atomic E-state index is 0.129. The number of benzene rings is 3. The van der Waals surface area contributed by atoms with Gasteiger partial charge in [0, 0.05) is 11.6 Å². The number of carbonyl (C=O) groups is 2. The Bertz CT molecular complexity index is 1170. The maximum Gasteiger partial charge on any atom is 0.336 e. The molecule has 0 amide bonds. The van der Waals surface area contributed by atoms with Crippen LogP contribution in [0.1, 0.15) is 54.1 Å². The number of hydrogen-bond acceptors (Lipinski definition) is 5. The monoisotopic (exact) mass is 484 g/mol. The Labute approximate surface area is 213 Å². The highest BCUT2D eigenvalue weighted by Gasteiger charge is 2.04. The van der Waals surface area contributed by atoms with Crippen LogP contribution in [0.5, 0.6) is 17.2 Å². The van der Waals surface area contributed by atoms with E-state index in [1.807, 2.05) is 30.3 Å². The molecule has 0 atom stereocenters. The molecule has 5 nitrogen and oxygen atoms in total. The van der Waals surface area contributed by atoms with Gasteiger partial charge < -0.3 is 14.2 Å². The SMILES string of the molecule is CCCCCCOc1ccc(/C=C/C(=O)Oc2cccc(/C=C/C(=O)c3ccc(OC)cc3)c2)cc1. The predicted octanol–water partition coefficient (Wildman–Crippen LogP) is 7.17. The average Bonchev–Trinajstić information content (AvgIpc) is 2.91. The molecule has 0 heterocycles. The van der Waals surface area contributed by atoms with Crippen molar-refractivity contribution < 1.29 is 23.8 Å². The van der Waals surface area contributed by atoms with E-state index in [9.17, 15) is 9.59 Å². The first-order chi connectivity index (χ1) is 17.6. The van der Waals surface area contributed by atoms with Crippen molar-refractivity contribution in [3.63, 3.8) is 0 Å². The third-order valence-electron chi connectivity index (χ3n) is 5.44. The summed E-state index contributed by atoms with van der Waals surface area (Å²) in [6.45, 7) is 2.90. The van der Waals surface area contributed by atoms with Crippen molar-refractivity contribution in [1.29, 1.82) is 0 Å². The van der Waals surface area contributed by atoms with Gasteiger partial charge in [0.1, 0.15) is 17.2 Å². The Balaban J connectivity index is 1.50. The summed E-state index contributed by atoms with van der Waals surface area (Å²) in [6.07, 6.45) is 10.9. The van der Waals surface area contributed by atoms with Gasteiger partial charge >= 0.3 is 5.97 Å². The van der Waals surface area contributed by atoms with E-state index < -0.39 is 5.97 Å². The standard InChI is InChI=1S/C31H32O5/c1-3-4-5-6-22-35-28-16-10-24(11-17-28)13-21-31(33)36-29-9-7-8-25(23-29)12-20-30(32)26-14-18-27(34-2)19-15-26/h7-21,23H,3-6,22H2,1-2H3/b20-12+,21-13+. The molecule has 0 aliphatic rings. The van der Waals surface area contributed by atoms with Crippen molar-refractivity contribution in [2.45, 2.75) is 32.6 Å². The molecule has 0 bridgehead atoms. The van der Waals surface area contributed by atoms with Crippen LogP contribution in [-0.4, -0.2) is 25.5 Å². The topological polar surface area (TPSA) is 61.8 Å². The second-order valence-corrected chi connectivity index (χ2v) is 8.23. The molecule has 5 heteroatoms. The van der Waals surface area contributed by atoms with Crippen LogP contribution in [0.15, 0.2) is 84.9 Å². The Kier molecular flexibility index (Phi) is 10.5. The van der Waals surface area contributed by atoms with E-state index in [0.29, 0.717) is 23.7 Å². The number of rotatable bonds is 13. The fourth-order valence-electron chi connectivity index (χ4n) is 3.41. The molecule has 0 fully saturated rings. The molecule has 3 aromatic carbocycles. The Hall–Kier alpha value is -4.12. The van der Waals surface area contributed by atoms with Gasteiger partial charge in [-0.2, -0.15) is 0 Å². The predicted molar refractivity (Wildman–Crippen MR) is 144 cm³/mol. The molecule has 0 aliphatic carbocycles. The number of hydrogen-bond donors (Lipinski definition) is 0. The maximum absolute atomic E-state index is 12.4. The molecule has 0 aliphatic heterocycles. The van der Waals surface area contributed by atoms with Crippen molar-refractivity contribution in [1.82, 2.24) is 0 Å². The summed E-state index contributed by atoms with van der Waals surface area (Å²) < 4.78 is 16.3. The second-order valence-electron chi connectivity index (χ2n) is 8.23. The van der Waals surface area contributed by atoms with Gasteiger partial charge in [0.2, 0.25) is 0 Å². The van der Waals surface area contributed by atoms with Gasteiger partial charge in [-0.3, -0.25) is 4.79 Å². The fourth-order valence-corrected chi connectivity index (χ4v) is 3.41.